The SMILES string of the molecule is Cc1ccc(C)c(S(=O)(=O)N(CCC(=O)O)C2CC2)c1. The summed E-state index contributed by atoms with van der Waals surface area (Å²) in [5.74, 6) is -0.980. The van der Waals surface area contributed by atoms with E-state index in [4.69, 9.17) is 5.11 Å². The molecule has 110 valence electrons. The van der Waals surface area contributed by atoms with Crippen LogP contribution in [0.1, 0.15) is 30.4 Å². The Bertz CT molecular complexity index is 620. The highest BCUT2D eigenvalue weighted by atomic mass is 32.2. The van der Waals surface area contributed by atoms with Crippen molar-refractivity contribution in [3.63, 3.8) is 0 Å². The van der Waals surface area contributed by atoms with Crippen molar-refractivity contribution in [3.05, 3.63) is 29.3 Å². The molecular weight excluding hydrogens is 278 g/mol. The number of aryl methyl sites for hydroxylation is 2. The van der Waals surface area contributed by atoms with E-state index >= 15 is 0 Å². The van der Waals surface area contributed by atoms with Crippen LogP contribution in [0.25, 0.3) is 0 Å². The number of hydrogen-bond donors (Lipinski definition) is 1. The van der Waals surface area contributed by atoms with Gasteiger partial charge in [-0.15, -0.1) is 0 Å². The second kappa shape index (κ2) is 5.54. The summed E-state index contributed by atoms with van der Waals surface area (Å²) >= 11 is 0. The topological polar surface area (TPSA) is 74.7 Å². The molecule has 20 heavy (non-hydrogen) atoms. The molecule has 1 aliphatic rings. The molecule has 0 heterocycles. The van der Waals surface area contributed by atoms with Crippen molar-refractivity contribution in [2.24, 2.45) is 0 Å². The summed E-state index contributed by atoms with van der Waals surface area (Å²) in [7, 11) is -3.62. The second-order valence-corrected chi connectivity index (χ2v) is 7.12. The molecule has 6 heteroatoms. The Labute approximate surface area is 119 Å². The molecule has 5 nitrogen and oxygen atoms in total. The van der Waals surface area contributed by atoms with E-state index in [1.807, 2.05) is 13.0 Å². The number of carbonyl (C=O) groups is 1. The van der Waals surface area contributed by atoms with Crippen molar-refractivity contribution in [2.45, 2.75) is 44.0 Å². The predicted molar refractivity (Wildman–Crippen MR) is 75.1 cm³/mol. The van der Waals surface area contributed by atoms with Crippen LogP contribution in [0, 0.1) is 13.8 Å². The van der Waals surface area contributed by atoms with E-state index in [9.17, 15) is 13.2 Å². The summed E-state index contributed by atoms with van der Waals surface area (Å²) in [4.78, 5) is 11.0. The van der Waals surface area contributed by atoms with Gasteiger partial charge >= 0.3 is 5.97 Å². The molecule has 1 saturated carbocycles. The Morgan fingerprint density at radius 2 is 2.00 bits per heavy atom. The van der Waals surface area contributed by atoms with Crippen LogP contribution in [0.3, 0.4) is 0 Å². The summed E-state index contributed by atoms with van der Waals surface area (Å²) in [6, 6.07) is 5.26. The van der Waals surface area contributed by atoms with Crippen molar-refractivity contribution in [2.75, 3.05) is 6.54 Å². The number of hydrogen-bond acceptors (Lipinski definition) is 3. The third kappa shape index (κ3) is 3.19. The molecule has 0 saturated heterocycles. The quantitative estimate of drug-likeness (QED) is 0.870. The van der Waals surface area contributed by atoms with Gasteiger partial charge in [-0.3, -0.25) is 4.79 Å². The molecule has 2 rings (SSSR count). The number of sulfonamides is 1. The highest BCUT2D eigenvalue weighted by Gasteiger charge is 2.38. The largest absolute Gasteiger partial charge is 0.481 e. The number of aliphatic carboxylic acids is 1. The van der Waals surface area contributed by atoms with Gasteiger partial charge in [-0.1, -0.05) is 12.1 Å². The van der Waals surface area contributed by atoms with E-state index < -0.39 is 16.0 Å². The summed E-state index contributed by atoms with van der Waals surface area (Å²) in [5.41, 5.74) is 1.57. The van der Waals surface area contributed by atoms with Crippen LogP contribution in [0.15, 0.2) is 23.1 Å². The van der Waals surface area contributed by atoms with E-state index in [0.29, 0.717) is 5.56 Å². The minimum atomic E-state index is -3.62. The third-order valence-electron chi connectivity index (χ3n) is 3.43. The molecule has 0 amide bonds. The summed E-state index contributed by atoms with van der Waals surface area (Å²) in [6.07, 6.45) is 1.45. The van der Waals surface area contributed by atoms with Gasteiger partial charge in [0.25, 0.3) is 0 Å². The first-order chi connectivity index (χ1) is 9.32. The molecule has 1 aromatic rings. The van der Waals surface area contributed by atoms with Crippen LogP contribution in [0.4, 0.5) is 0 Å². The Kier molecular flexibility index (Phi) is 4.15. The maximum Gasteiger partial charge on any atom is 0.304 e. The number of rotatable bonds is 6. The van der Waals surface area contributed by atoms with Gasteiger partial charge in [0, 0.05) is 12.6 Å². The Balaban J connectivity index is 2.35. The molecule has 0 atom stereocenters. The third-order valence-corrected chi connectivity index (χ3v) is 5.52. The zero-order chi connectivity index (χ0) is 14.9. The van der Waals surface area contributed by atoms with Gasteiger partial charge in [0.05, 0.1) is 11.3 Å². The average Bonchev–Trinajstić information content (AvgIpc) is 3.16. The van der Waals surface area contributed by atoms with Crippen molar-refractivity contribution >= 4 is 16.0 Å². The maximum atomic E-state index is 12.7. The fraction of sp³-hybridized carbons (Fsp3) is 0.500. The van der Waals surface area contributed by atoms with Crippen LogP contribution in [-0.2, 0) is 14.8 Å². The van der Waals surface area contributed by atoms with Crippen molar-refractivity contribution < 1.29 is 18.3 Å². The molecule has 1 aliphatic carbocycles. The van der Waals surface area contributed by atoms with Crippen molar-refractivity contribution in [1.29, 1.82) is 0 Å². The first-order valence-electron chi connectivity index (χ1n) is 6.63. The van der Waals surface area contributed by atoms with Crippen LogP contribution < -0.4 is 0 Å². The minimum Gasteiger partial charge on any atom is -0.481 e. The number of benzene rings is 1. The molecule has 1 N–H and O–H groups in total. The Hall–Kier alpha value is -1.40. The van der Waals surface area contributed by atoms with Gasteiger partial charge in [0.1, 0.15) is 0 Å². The van der Waals surface area contributed by atoms with Gasteiger partial charge in [-0.05, 0) is 43.9 Å². The number of nitrogens with zero attached hydrogens (tertiary/aromatic N) is 1. The smallest absolute Gasteiger partial charge is 0.304 e. The molecule has 0 radical (unpaired) electrons. The lowest BCUT2D eigenvalue weighted by atomic mass is 10.2. The summed E-state index contributed by atoms with van der Waals surface area (Å²) in [6.45, 7) is 3.64. The second-order valence-electron chi connectivity index (χ2n) is 5.26. The van der Waals surface area contributed by atoms with E-state index in [-0.39, 0.29) is 23.9 Å². The molecule has 0 aromatic heterocycles. The molecule has 1 fully saturated rings. The lowest BCUT2D eigenvalue weighted by Crippen LogP contribution is -2.35. The zero-order valence-electron chi connectivity index (χ0n) is 11.7. The Morgan fingerprint density at radius 1 is 1.35 bits per heavy atom. The fourth-order valence-corrected chi connectivity index (χ4v) is 4.18. The molecule has 0 aliphatic heterocycles. The molecule has 1 aromatic carbocycles. The predicted octanol–water partition coefficient (Wildman–Crippen LogP) is 1.93. The maximum absolute atomic E-state index is 12.7. The highest BCUT2D eigenvalue weighted by Crippen LogP contribution is 2.33. The average molecular weight is 297 g/mol. The first-order valence-corrected chi connectivity index (χ1v) is 8.07. The standard InChI is InChI=1S/C14H19NO4S/c1-10-3-4-11(2)13(9-10)20(18,19)15(12-5-6-12)8-7-14(16)17/h3-4,9,12H,5-8H2,1-2H3,(H,16,17). The van der Waals surface area contributed by atoms with Gasteiger partial charge in [-0.2, -0.15) is 4.31 Å². The number of carboxylic acid groups (broad SMARTS) is 1. The highest BCUT2D eigenvalue weighted by molar-refractivity contribution is 7.89. The summed E-state index contributed by atoms with van der Waals surface area (Å²) in [5, 5.41) is 8.78. The lowest BCUT2D eigenvalue weighted by Gasteiger charge is -2.22. The normalized spacial score (nSPS) is 15.6. The molecule has 0 spiro atoms. The molecular formula is C14H19NO4S. The minimum absolute atomic E-state index is 0.0374. The first kappa shape index (κ1) is 15.0. The van der Waals surface area contributed by atoms with Crippen LogP contribution in [-0.4, -0.2) is 36.4 Å². The van der Waals surface area contributed by atoms with Crippen LogP contribution >= 0.6 is 0 Å². The Morgan fingerprint density at radius 3 is 2.55 bits per heavy atom. The summed E-state index contributed by atoms with van der Waals surface area (Å²) < 4.78 is 26.8. The van der Waals surface area contributed by atoms with Gasteiger partial charge in [-0.25, -0.2) is 8.42 Å². The van der Waals surface area contributed by atoms with E-state index in [0.717, 1.165) is 18.4 Å². The van der Waals surface area contributed by atoms with Gasteiger partial charge in [0.15, 0.2) is 0 Å². The van der Waals surface area contributed by atoms with Crippen molar-refractivity contribution in [1.82, 2.24) is 4.31 Å². The number of carboxylic acids is 1. The van der Waals surface area contributed by atoms with Crippen LogP contribution in [0.2, 0.25) is 0 Å². The van der Waals surface area contributed by atoms with Gasteiger partial charge < -0.3 is 5.11 Å². The monoisotopic (exact) mass is 297 g/mol. The molecule has 0 unspecified atom stereocenters. The van der Waals surface area contributed by atoms with E-state index in [1.165, 1.54) is 4.31 Å². The fourth-order valence-electron chi connectivity index (χ4n) is 2.18. The van der Waals surface area contributed by atoms with E-state index in [2.05, 4.69) is 0 Å². The van der Waals surface area contributed by atoms with Gasteiger partial charge in [0.2, 0.25) is 10.0 Å². The lowest BCUT2D eigenvalue weighted by molar-refractivity contribution is -0.137. The molecule has 0 bridgehead atoms. The van der Waals surface area contributed by atoms with Crippen molar-refractivity contribution in [3.8, 4) is 0 Å². The van der Waals surface area contributed by atoms with E-state index in [1.54, 1.807) is 19.1 Å². The zero-order valence-corrected chi connectivity index (χ0v) is 12.5. The van der Waals surface area contributed by atoms with Crippen LogP contribution in [0.5, 0.6) is 0 Å².